The average Bonchev–Trinajstić information content (AvgIpc) is 2.74. The Morgan fingerprint density at radius 1 is 0.933 bits per heavy atom. The monoisotopic (exact) mass is 402 g/mol. The summed E-state index contributed by atoms with van der Waals surface area (Å²) in [6.07, 6.45) is 1.32. The summed E-state index contributed by atoms with van der Waals surface area (Å²) in [4.78, 5) is 34.7. The van der Waals surface area contributed by atoms with Gasteiger partial charge in [-0.05, 0) is 43.3 Å². The highest BCUT2D eigenvalue weighted by molar-refractivity contribution is 6.04. The van der Waals surface area contributed by atoms with Crippen LogP contribution in [0.4, 0.5) is 11.4 Å². The number of carbonyl (C=O) groups excluding carboxylic acids is 2. The zero-order valence-corrected chi connectivity index (χ0v) is 16.0. The van der Waals surface area contributed by atoms with Crippen molar-refractivity contribution < 1.29 is 14.5 Å². The zero-order chi connectivity index (χ0) is 21.5. The molecule has 0 saturated carbocycles. The first kappa shape index (κ1) is 20.4. The van der Waals surface area contributed by atoms with Crippen LogP contribution in [0.1, 0.15) is 31.8 Å². The van der Waals surface area contributed by atoms with Gasteiger partial charge in [-0.3, -0.25) is 19.7 Å². The molecule has 0 aliphatic rings. The number of benzene rings is 3. The Hall–Kier alpha value is -4.33. The van der Waals surface area contributed by atoms with Gasteiger partial charge in [0.1, 0.15) is 0 Å². The summed E-state index contributed by atoms with van der Waals surface area (Å²) in [7, 11) is 0. The number of carbonyl (C=O) groups is 2. The SMILES string of the molecule is Cc1cccc(C(=O)Nc2ccc(C(=O)N/N=C/c3cccc([N+](=O)[O-])c3)cc2)c1. The molecule has 30 heavy (non-hydrogen) atoms. The number of aryl methyl sites for hydroxylation is 1. The van der Waals surface area contributed by atoms with E-state index in [4.69, 9.17) is 0 Å². The van der Waals surface area contributed by atoms with Crippen molar-refractivity contribution in [2.45, 2.75) is 6.92 Å². The number of amides is 2. The number of nitrogens with one attached hydrogen (secondary N) is 2. The molecule has 2 N–H and O–H groups in total. The molecule has 0 aromatic heterocycles. The number of rotatable bonds is 6. The van der Waals surface area contributed by atoms with Crippen molar-refractivity contribution in [1.82, 2.24) is 5.43 Å². The normalized spacial score (nSPS) is 10.6. The predicted molar refractivity (Wildman–Crippen MR) is 114 cm³/mol. The van der Waals surface area contributed by atoms with Gasteiger partial charge in [-0.25, -0.2) is 5.43 Å². The number of anilines is 1. The molecular formula is C22H18N4O4. The topological polar surface area (TPSA) is 114 Å². The van der Waals surface area contributed by atoms with Crippen molar-refractivity contribution >= 4 is 29.4 Å². The zero-order valence-electron chi connectivity index (χ0n) is 16.0. The maximum absolute atomic E-state index is 12.3. The number of nitro groups is 1. The molecule has 0 fully saturated rings. The lowest BCUT2D eigenvalue weighted by molar-refractivity contribution is -0.384. The molecule has 0 unspecified atom stereocenters. The number of nitrogens with zero attached hydrogens (tertiary/aromatic N) is 2. The van der Waals surface area contributed by atoms with E-state index in [1.54, 1.807) is 42.5 Å². The molecule has 0 heterocycles. The van der Waals surface area contributed by atoms with Crippen LogP contribution < -0.4 is 10.7 Å². The van der Waals surface area contributed by atoms with Gasteiger partial charge in [0.05, 0.1) is 11.1 Å². The molecular weight excluding hydrogens is 384 g/mol. The van der Waals surface area contributed by atoms with Gasteiger partial charge < -0.3 is 5.32 Å². The van der Waals surface area contributed by atoms with E-state index in [1.165, 1.54) is 24.4 Å². The summed E-state index contributed by atoms with van der Waals surface area (Å²) >= 11 is 0. The van der Waals surface area contributed by atoms with Crippen LogP contribution in [0.3, 0.4) is 0 Å². The molecule has 3 aromatic carbocycles. The molecule has 0 radical (unpaired) electrons. The van der Waals surface area contributed by atoms with E-state index in [0.29, 0.717) is 22.4 Å². The molecule has 0 spiro atoms. The summed E-state index contributed by atoms with van der Waals surface area (Å²) in [5, 5.41) is 17.4. The molecule has 3 aromatic rings. The van der Waals surface area contributed by atoms with Gasteiger partial charge >= 0.3 is 0 Å². The maximum Gasteiger partial charge on any atom is 0.271 e. The van der Waals surface area contributed by atoms with E-state index in [1.807, 2.05) is 19.1 Å². The Bertz CT molecular complexity index is 1120. The Morgan fingerprint density at radius 2 is 1.67 bits per heavy atom. The minimum atomic E-state index is -0.505. The third-order valence-electron chi connectivity index (χ3n) is 4.15. The highest BCUT2D eigenvalue weighted by Gasteiger charge is 2.08. The highest BCUT2D eigenvalue weighted by atomic mass is 16.6. The van der Waals surface area contributed by atoms with Crippen molar-refractivity contribution in [1.29, 1.82) is 0 Å². The van der Waals surface area contributed by atoms with Crippen LogP contribution in [0.25, 0.3) is 0 Å². The van der Waals surface area contributed by atoms with E-state index in [0.717, 1.165) is 5.56 Å². The summed E-state index contributed by atoms with van der Waals surface area (Å²) < 4.78 is 0. The van der Waals surface area contributed by atoms with E-state index in [9.17, 15) is 19.7 Å². The lowest BCUT2D eigenvalue weighted by atomic mass is 10.1. The smallest absolute Gasteiger partial charge is 0.271 e. The van der Waals surface area contributed by atoms with Crippen LogP contribution in [0, 0.1) is 17.0 Å². The second-order valence-electron chi connectivity index (χ2n) is 6.45. The van der Waals surface area contributed by atoms with Crippen LogP contribution in [-0.2, 0) is 0 Å². The summed E-state index contributed by atoms with van der Waals surface area (Å²) in [5.41, 5.74) is 5.22. The first-order valence-corrected chi connectivity index (χ1v) is 8.98. The Labute approximate surface area is 172 Å². The third-order valence-corrected chi connectivity index (χ3v) is 4.15. The van der Waals surface area contributed by atoms with E-state index < -0.39 is 10.8 Å². The molecule has 0 atom stereocenters. The number of hydrogen-bond acceptors (Lipinski definition) is 5. The van der Waals surface area contributed by atoms with Crippen molar-refractivity contribution in [3.63, 3.8) is 0 Å². The van der Waals surface area contributed by atoms with Crippen molar-refractivity contribution in [3.8, 4) is 0 Å². The van der Waals surface area contributed by atoms with Crippen LogP contribution in [0.2, 0.25) is 0 Å². The van der Waals surface area contributed by atoms with Crippen molar-refractivity contribution in [2.24, 2.45) is 5.10 Å². The van der Waals surface area contributed by atoms with Crippen molar-refractivity contribution in [3.05, 3.63) is 105 Å². The molecule has 8 nitrogen and oxygen atoms in total. The second-order valence-corrected chi connectivity index (χ2v) is 6.45. The van der Waals surface area contributed by atoms with Gasteiger partial charge in [0.25, 0.3) is 17.5 Å². The first-order valence-electron chi connectivity index (χ1n) is 8.98. The Kier molecular flexibility index (Phi) is 6.29. The summed E-state index contributed by atoms with van der Waals surface area (Å²) in [5.74, 6) is -0.689. The van der Waals surface area contributed by atoms with Crippen LogP contribution in [-0.4, -0.2) is 23.0 Å². The molecule has 8 heteroatoms. The Morgan fingerprint density at radius 3 is 2.37 bits per heavy atom. The van der Waals surface area contributed by atoms with Gasteiger partial charge in [-0.2, -0.15) is 5.10 Å². The van der Waals surface area contributed by atoms with E-state index in [2.05, 4.69) is 15.8 Å². The van der Waals surface area contributed by atoms with Crippen LogP contribution in [0.15, 0.2) is 77.9 Å². The van der Waals surface area contributed by atoms with Crippen molar-refractivity contribution in [2.75, 3.05) is 5.32 Å². The van der Waals surface area contributed by atoms with E-state index >= 15 is 0 Å². The molecule has 2 amide bonds. The van der Waals surface area contributed by atoms with Gasteiger partial charge in [0, 0.05) is 34.5 Å². The summed E-state index contributed by atoms with van der Waals surface area (Å²) in [6.45, 7) is 1.91. The first-order chi connectivity index (χ1) is 14.4. The summed E-state index contributed by atoms with van der Waals surface area (Å²) in [6, 6.07) is 19.5. The minimum absolute atomic E-state index is 0.0615. The van der Waals surface area contributed by atoms with Crippen LogP contribution in [0.5, 0.6) is 0 Å². The van der Waals surface area contributed by atoms with Gasteiger partial charge in [0.15, 0.2) is 0 Å². The van der Waals surface area contributed by atoms with Gasteiger partial charge in [0.2, 0.25) is 0 Å². The second kappa shape index (κ2) is 9.24. The van der Waals surface area contributed by atoms with Crippen LogP contribution >= 0.6 is 0 Å². The number of hydrogen-bond donors (Lipinski definition) is 2. The predicted octanol–water partition coefficient (Wildman–Crippen LogP) is 3.92. The number of nitro benzene ring substituents is 1. The third kappa shape index (κ3) is 5.35. The molecule has 0 bridgehead atoms. The number of hydrazone groups is 1. The molecule has 150 valence electrons. The largest absolute Gasteiger partial charge is 0.322 e. The fourth-order valence-corrected chi connectivity index (χ4v) is 2.64. The molecule has 3 rings (SSSR count). The highest BCUT2D eigenvalue weighted by Crippen LogP contribution is 2.13. The lowest BCUT2D eigenvalue weighted by Gasteiger charge is -2.07. The van der Waals surface area contributed by atoms with Gasteiger partial charge in [-0.15, -0.1) is 0 Å². The molecule has 0 aliphatic carbocycles. The number of non-ortho nitro benzene ring substituents is 1. The fraction of sp³-hybridized carbons (Fsp3) is 0.0455. The Balaban J connectivity index is 1.59. The molecule has 0 aliphatic heterocycles. The lowest BCUT2D eigenvalue weighted by Crippen LogP contribution is -2.18. The fourth-order valence-electron chi connectivity index (χ4n) is 2.64. The standard InChI is InChI=1S/C22H18N4O4/c1-15-4-2-6-18(12-15)21(27)24-19-10-8-17(9-11-19)22(28)25-23-14-16-5-3-7-20(13-16)26(29)30/h2-14H,1H3,(H,24,27)(H,25,28)/b23-14+. The molecule has 0 saturated heterocycles. The minimum Gasteiger partial charge on any atom is -0.322 e. The average molecular weight is 402 g/mol. The maximum atomic E-state index is 12.3. The van der Waals surface area contributed by atoms with E-state index in [-0.39, 0.29) is 11.6 Å². The quantitative estimate of drug-likeness (QED) is 0.369. The van der Waals surface area contributed by atoms with Gasteiger partial charge in [-0.1, -0.05) is 29.8 Å².